The van der Waals surface area contributed by atoms with Crippen molar-refractivity contribution in [1.29, 1.82) is 0 Å². The fraction of sp³-hybridized carbons (Fsp3) is 0.0526. The summed E-state index contributed by atoms with van der Waals surface area (Å²) in [6.07, 6.45) is 0. The lowest BCUT2D eigenvalue weighted by molar-refractivity contribution is 0.666. The van der Waals surface area contributed by atoms with Crippen LogP contribution in [0, 0.1) is 0 Å². The first-order valence-corrected chi connectivity index (χ1v) is 20.4. The molecule has 2 nitrogen and oxygen atoms in total. The van der Waals surface area contributed by atoms with Crippen molar-refractivity contribution in [2.24, 2.45) is 0 Å². The molecule has 59 heavy (non-hydrogen) atoms. The molecular weight excluding hydrogens is 713 g/mol. The minimum atomic E-state index is -0.0940. The topological polar surface area (TPSA) is 25.8 Å². The van der Waals surface area contributed by atoms with Gasteiger partial charge in [0.2, 0.25) is 0 Å². The molecule has 10 aromatic rings. The van der Waals surface area contributed by atoms with Gasteiger partial charge in [0.05, 0.1) is 11.4 Å². The van der Waals surface area contributed by atoms with E-state index in [1.54, 1.807) is 0 Å². The van der Waals surface area contributed by atoms with Gasteiger partial charge in [-0.05, 0) is 95.4 Å². The smallest absolute Gasteiger partial charge is 0.161 e. The summed E-state index contributed by atoms with van der Waals surface area (Å²) in [5.74, 6) is 0.709. The number of nitrogens with zero attached hydrogens (tertiary/aromatic N) is 2. The highest BCUT2D eigenvalue weighted by atomic mass is 14.9. The molecule has 1 aliphatic rings. The molecule has 0 fully saturated rings. The lowest BCUT2D eigenvalue weighted by atomic mass is 9.80. The van der Waals surface area contributed by atoms with E-state index in [4.69, 9.17) is 9.97 Å². The number of hydrogen-bond donors (Lipinski definition) is 0. The Kier molecular flexibility index (Phi) is 8.20. The predicted molar refractivity (Wildman–Crippen MR) is 247 cm³/mol. The summed E-state index contributed by atoms with van der Waals surface area (Å²) in [5.41, 5.74) is 17.4. The highest BCUT2D eigenvalue weighted by Gasteiger charge is 2.37. The summed E-state index contributed by atoms with van der Waals surface area (Å²) < 4.78 is 0. The van der Waals surface area contributed by atoms with Gasteiger partial charge in [-0.3, -0.25) is 0 Å². The molecule has 0 amide bonds. The normalized spacial score (nSPS) is 12.7. The Bertz CT molecular complexity index is 3200. The average Bonchev–Trinajstić information content (AvgIpc) is 3.54. The lowest BCUT2D eigenvalue weighted by Gasteiger charge is -2.23. The fourth-order valence-electron chi connectivity index (χ4n) is 9.32. The second kappa shape index (κ2) is 13.9. The summed E-state index contributed by atoms with van der Waals surface area (Å²) in [4.78, 5) is 10.6. The Morgan fingerprint density at radius 1 is 0.322 bits per heavy atom. The van der Waals surface area contributed by atoms with Crippen LogP contribution >= 0.6 is 0 Å². The van der Waals surface area contributed by atoms with Gasteiger partial charge < -0.3 is 0 Å². The molecule has 0 aliphatic heterocycles. The molecule has 1 aliphatic carbocycles. The maximum Gasteiger partial charge on any atom is 0.161 e. The second-order valence-corrected chi connectivity index (χ2v) is 16.1. The molecule has 0 N–H and O–H groups in total. The number of aromatic nitrogens is 2. The summed E-state index contributed by atoms with van der Waals surface area (Å²) in [6.45, 7) is 4.73. The third-order valence-corrected chi connectivity index (χ3v) is 12.3. The molecule has 0 bridgehead atoms. The van der Waals surface area contributed by atoms with Crippen molar-refractivity contribution in [3.8, 4) is 78.4 Å². The van der Waals surface area contributed by atoms with E-state index in [9.17, 15) is 0 Å². The molecule has 0 spiro atoms. The molecule has 11 rings (SSSR count). The van der Waals surface area contributed by atoms with E-state index in [1.165, 1.54) is 71.8 Å². The summed E-state index contributed by atoms with van der Waals surface area (Å²) >= 11 is 0. The maximum absolute atomic E-state index is 5.30. The first-order chi connectivity index (χ1) is 29.0. The van der Waals surface area contributed by atoms with E-state index in [0.29, 0.717) is 5.82 Å². The second-order valence-electron chi connectivity index (χ2n) is 16.1. The van der Waals surface area contributed by atoms with Crippen molar-refractivity contribution in [2.45, 2.75) is 19.3 Å². The van der Waals surface area contributed by atoms with Gasteiger partial charge in [-0.1, -0.05) is 202 Å². The number of hydrogen-bond acceptors (Lipinski definition) is 2. The van der Waals surface area contributed by atoms with E-state index < -0.39 is 0 Å². The van der Waals surface area contributed by atoms with Crippen LogP contribution in [0.15, 0.2) is 206 Å². The van der Waals surface area contributed by atoms with Crippen LogP contribution in [0.3, 0.4) is 0 Å². The van der Waals surface area contributed by atoms with Crippen molar-refractivity contribution in [2.75, 3.05) is 0 Å². The van der Waals surface area contributed by atoms with E-state index in [2.05, 4.69) is 214 Å². The molecule has 9 aromatic carbocycles. The van der Waals surface area contributed by atoms with Crippen LogP contribution in [-0.2, 0) is 5.41 Å². The molecule has 0 unspecified atom stereocenters. The van der Waals surface area contributed by atoms with Crippen molar-refractivity contribution in [1.82, 2.24) is 9.97 Å². The summed E-state index contributed by atoms with van der Waals surface area (Å²) in [5, 5.41) is 4.93. The minimum absolute atomic E-state index is 0.0940. The minimum Gasteiger partial charge on any atom is -0.228 e. The standard InChI is InChI=1S/C57H40N2/c1-57(2)52-34-30-44(35-51(52)49-31-29-41-15-9-10-18-46(41)55(49)57)45-32-33-50(48-20-12-11-19-47(45)48)56-58-53(42-16-7-4-8-17-42)36-54(59-56)43-27-25-40(26-28-43)39-23-21-38(22-24-39)37-13-5-3-6-14-37/h3-36H,1-2H3. The maximum atomic E-state index is 5.30. The van der Waals surface area contributed by atoms with Crippen molar-refractivity contribution >= 4 is 21.5 Å². The van der Waals surface area contributed by atoms with E-state index in [0.717, 1.165) is 33.5 Å². The zero-order valence-electron chi connectivity index (χ0n) is 33.0. The first-order valence-electron chi connectivity index (χ1n) is 20.4. The quantitative estimate of drug-likeness (QED) is 0.169. The molecule has 2 heteroatoms. The molecule has 0 atom stereocenters. The molecule has 1 heterocycles. The van der Waals surface area contributed by atoms with Gasteiger partial charge in [0.15, 0.2) is 5.82 Å². The van der Waals surface area contributed by atoms with Crippen molar-refractivity contribution in [3.05, 3.63) is 217 Å². The molecule has 1 aromatic heterocycles. The van der Waals surface area contributed by atoms with E-state index in [1.807, 2.05) is 6.07 Å². The molecule has 278 valence electrons. The Morgan fingerprint density at radius 3 is 1.42 bits per heavy atom. The summed E-state index contributed by atoms with van der Waals surface area (Å²) in [6, 6.07) is 74.2. The lowest BCUT2D eigenvalue weighted by Crippen LogP contribution is -2.15. The Labute approximate surface area is 345 Å². The average molecular weight is 753 g/mol. The summed E-state index contributed by atoms with van der Waals surface area (Å²) in [7, 11) is 0. The van der Waals surface area contributed by atoms with Gasteiger partial charge in [-0.2, -0.15) is 0 Å². The zero-order valence-corrected chi connectivity index (χ0v) is 33.0. The van der Waals surface area contributed by atoms with E-state index >= 15 is 0 Å². The molecule has 0 radical (unpaired) electrons. The fourth-order valence-corrected chi connectivity index (χ4v) is 9.32. The Balaban J connectivity index is 0.995. The highest BCUT2D eigenvalue weighted by molar-refractivity contribution is 6.05. The van der Waals surface area contributed by atoms with Crippen molar-refractivity contribution < 1.29 is 0 Å². The number of fused-ring (bicyclic) bond motifs is 6. The van der Waals surface area contributed by atoms with Gasteiger partial charge >= 0.3 is 0 Å². The number of rotatable bonds is 6. The van der Waals surface area contributed by atoms with E-state index in [-0.39, 0.29) is 5.41 Å². The van der Waals surface area contributed by atoms with Crippen LogP contribution in [0.5, 0.6) is 0 Å². The van der Waals surface area contributed by atoms with Crippen LogP contribution in [0.4, 0.5) is 0 Å². The van der Waals surface area contributed by atoms with Crippen LogP contribution in [0.25, 0.3) is 100.0 Å². The van der Waals surface area contributed by atoms with Crippen LogP contribution in [0.1, 0.15) is 25.0 Å². The Hall–Kier alpha value is -7.42. The van der Waals surface area contributed by atoms with Gasteiger partial charge in [-0.25, -0.2) is 9.97 Å². The van der Waals surface area contributed by atoms with Gasteiger partial charge in [-0.15, -0.1) is 0 Å². The Morgan fingerprint density at radius 2 is 0.780 bits per heavy atom. The van der Waals surface area contributed by atoms with Gasteiger partial charge in [0, 0.05) is 22.1 Å². The molecule has 0 saturated heterocycles. The highest BCUT2D eigenvalue weighted by Crippen LogP contribution is 2.52. The third kappa shape index (κ3) is 5.96. The SMILES string of the molecule is CC1(C)c2ccc(-c3ccc(-c4nc(-c5ccccc5)cc(-c5ccc(-c6ccc(-c7ccccc7)cc6)cc5)n4)c4ccccc34)cc2-c2ccc3ccccc3c21. The van der Waals surface area contributed by atoms with Crippen molar-refractivity contribution in [3.63, 3.8) is 0 Å². The number of benzene rings is 9. The largest absolute Gasteiger partial charge is 0.228 e. The molecular formula is C57H40N2. The van der Waals surface area contributed by atoms with Crippen LogP contribution in [0.2, 0.25) is 0 Å². The molecule has 0 saturated carbocycles. The zero-order chi connectivity index (χ0) is 39.5. The monoisotopic (exact) mass is 752 g/mol. The van der Waals surface area contributed by atoms with Crippen LogP contribution < -0.4 is 0 Å². The predicted octanol–water partition coefficient (Wildman–Crippen LogP) is 15.1. The van der Waals surface area contributed by atoms with Gasteiger partial charge in [0.25, 0.3) is 0 Å². The third-order valence-electron chi connectivity index (χ3n) is 12.3. The first kappa shape index (κ1) is 34.8. The van der Waals surface area contributed by atoms with Gasteiger partial charge in [0.1, 0.15) is 0 Å². The van der Waals surface area contributed by atoms with Crippen LogP contribution in [-0.4, -0.2) is 9.97 Å².